The standard InChI is InChI=1S/C23H19F5N2O2/c1-12-3-5-18(19(25)7-12)14-8-15(21(31)23(26,27)28)10-16(9-14)22(32)30-13(2)20-6-4-17(24)11-29-20/h3-11,13,21,31H,1-2H3,(H,30,32)/t13-,21?/m1/s1. The van der Waals surface area contributed by atoms with Crippen molar-refractivity contribution in [2.75, 3.05) is 0 Å². The van der Waals surface area contributed by atoms with Gasteiger partial charge >= 0.3 is 6.18 Å². The molecule has 0 spiro atoms. The summed E-state index contributed by atoms with van der Waals surface area (Å²) in [5, 5.41) is 12.3. The van der Waals surface area contributed by atoms with Crippen molar-refractivity contribution in [3.05, 3.63) is 88.7 Å². The highest BCUT2D eigenvalue weighted by atomic mass is 19.4. The number of nitrogens with zero attached hydrogens (tertiary/aromatic N) is 1. The lowest BCUT2D eigenvalue weighted by Gasteiger charge is -2.19. The quantitative estimate of drug-likeness (QED) is 0.510. The minimum Gasteiger partial charge on any atom is -0.379 e. The average Bonchev–Trinajstić information content (AvgIpc) is 2.72. The molecule has 1 amide bonds. The zero-order valence-corrected chi connectivity index (χ0v) is 17.0. The van der Waals surface area contributed by atoms with Crippen molar-refractivity contribution in [2.45, 2.75) is 32.2 Å². The first-order chi connectivity index (χ1) is 15.0. The van der Waals surface area contributed by atoms with Crippen molar-refractivity contribution in [1.29, 1.82) is 0 Å². The fourth-order valence-corrected chi connectivity index (χ4v) is 3.14. The number of hydrogen-bond donors (Lipinski definition) is 2. The summed E-state index contributed by atoms with van der Waals surface area (Å²) < 4.78 is 66.9. The van der Waals surface area contributed by atoms with Crippen LogP contribution >= 0.6 is 0 Å². The fourth-order valence-electron chi connectivity index (χ4n) is 3.14. The molecule has 3 aromatic rings. The normalized spacial score (nSPS) is 13.5. The Hall–Kier alpha value is -3.33. The first-order valence-corrected chi connectivity index (χ1v) is 9.54. The zero-order chi connectivity index (χ0) is 23.6. The van der Waals surface area contributed by atoms with Crippen LogP contribution < -0.4 is 5.32 Å². The van der Waals surface area contributed by atoms with Gasteiger partial charge in [0, 0.05) is 11.1 Å². The highest BCUT2D eigenvalue weighted by Crippen LogP contribution is 2.35. The van der Waals surface area contributed by atoms with Gasteiger partial charge in [0.1, 0.15) is 11.6 Å². The second-order valence-corrected chi connectivity index (χ2v) is 7.37. The fraction of sp³-hybridized carbons (Fsp3) is 0.217. The number of alkyl halides is 3. The number of aliphatic hydroxyl groups excluding tert-OH is 1. The predicted octanol–water partition coefficient (Wildman–Crippen LogP) is 5.42. The van der Waals surface area contributed by atoms with E-state index < -0.39 is 41.4 Å². The number of pyridine rings is 1. The molecule has 3 rings (SSSR count). The Morgan fingerprint density at radius 1 is 1.06 bits per heavy atom. The lowest BCUT2D eigenvalue weighted by atomic mass is 9.95. The van der Waals surface area contributed by atoms with E-state index in [1.54, 1.807) is 19.9 Å². The van der Waals surface area contributed by atoms with Crippen LogP contribution in [0.25, 0.3) is 11.1 Å². The lowest BCUT2D eigenvalue weighted by molar-refractivity contribution is -0.206. The molecule has 32 heavy (non-hydrogen) atoms. The smallest absolute Gasteiger partial charge is 0.379 e. The number of carbonyl (C=O) groups excluding carboxylic acids is 1. The van der Waals surface area contributed by atoms with Crippen molar-refractivity contribution in [2.24, 2.45) is 0 Å². The van der Waals surface area contributed by atoms with Crippen LogP contribution in [0.2, 0.25) is 0 Å². The third-order valence-electron chi connectivity index (χ3n) is 4.82. The molecule has 2 aromatic carbocycles. The number of amides is 1. The molecule has 1 unspecified atom stereocenters. The van der Waals surface area contributed by atoms with E-state index in [0.717, 1.165) is 24.4 Å². The Balaban J connectivity index is 2.01. The Kier molecular flexibility index (Phi) is 6.59. The minimum atomic E-state index is -4.98. The maximum absolute atomic E-state index is 14.5. The number of hydrogen-bond acceptors (Lipinski definition) is 3. The maximum atomic E-state index is 14.5. The van der Waals surface area contributed by atoms with Gasteiger partial charge in [-0.25, -0.2) is 8.78 Å². The van der Waals surface area contributed by atoms with Crippen LogP contribution in [0.3, 0.4) is 0 Å². The number of nitrogens with one attached hydrogen (secondary N) is 1. The Labute approximate surface area is 180 Å². The lowest BCUT2D eigenvalue weighted by Crippen LogP contribution is -2.28. The van der Waals surface area contributed by atoms with Crippen LogP contribution in [0.5, 0.6) is 0 Å². The van der Waals surface area contributed by atoms with Crippen LogP contribution in [-0.4, -0.2) is 22.2 Å². The molecule has 0 radical (unpaired) electrons. The monoisotopic (exact) mass is 450 g/mol. The van der Waals surface area contributed by atoms with E-state index in [1.807, 2.05) is 0 Å². The molecule has 0 saturated carbocycles. The van der Waals surface area contributed by atoms with Crippen LogP contribution in [0.4, 0.5) is 22.0 Å². The van der Waals surface area contributed by atoms with Crippen molar-refractivity contribution < 1.29 is 31.9 Å². The summed E-state index contributed by atoms with van der Waals surface area (Å²) in [5.74, 6) is -2.02. The van der Waals surface area contributed by atoms with E-state index in [9.17, 15) is 31.9 Å². The van der Waals surface area contributed by atoms with Crippen molar-refractivity contribution >= 4 is 5.91 Å². The molecule has 4 nitrogen and oxygen atoms in total. The summed E-state index contributed by atoms with van der Waals surface area (Å²) in [5.41, 5.74) is 0.102. The summed E-state index contributed by atoms with van der Waals surface area (Å²) in [6, 6.07) is 9.12. The molecule has 0 aliphatic heterocycles. The van der Waals surface area contributed by atoms with Gasteiger partial charge < -0.3 is 10.4 Å². The Morgan fingerprint density at radius 3 is 2.38 bits per heavy atom. The molecule has 1 aromatic heterocycles. The molecule has 1 heterocycles. The number of aromatic nitrogens is 1. The van der Waals surface area contributed by atoms with E-state index in [1.165, 1.54) is 24.3 Å². The summed E-state index contributed by atoms with van der Waals surface area (Å²) in [6.45, 7) is 3.22. The first kappa shape index (κ1) is 23.3. The predicted molar refractivity (Wildman–Crippen MR) is 108 cm³/mol. The molecule has 2 N–H and O–H groups in total. The Bertz CT molecular complexity index is 1130. The highest BCUT2D eigenvalue weighted by Gasteiger charge is 2.40. The minimum absolute atomic E-state index is 0.000935. The number of benzene rings is 2. The molecule has 0 aliphatic carbocycles. The topological polar surface area (TPSA) is 62.2 Å². The summed E-state index contributed by atoms with van der Waals surface area (Å²) in [7, 11) is 0. The molecule has 0 bridgehead atoms. The van der Waals surface area contributed by atoms with Crippen molar-refractivity contribution in [3.8, 4) is 11.1 Å². The highest BCUT2D eigenvalue weighted by molar-refractivity contribution is 5.96. The number of carbonyl (C=O) groups is 1. The number of halogens is 5. The van der Waals surface area contributed by atoms with Gasteiger partial charge in [-0.2, -0.15) is 13.2 Å². The number of aryl methyl sites for hydroxylation is 1. The molecule has 2 atom stereocenters. The van der Waals surface area contributed by atoms with Gasteiger partial charge in [0.25, 0.3) is 5.91 Å². The second kappa shape index (κ2) is 9.04. The molecule has 168 valence electrons. The van der Waals surface area contributed by atoms with Gasteiger partial charge in [-0.1, -0.05) is 12.1 Å². The summed E-state index contributed by atoms with van der Waals surface area (Å²) in [4.78, 5) is 16.6. The third-order valence-corrected chi connectivity index (χ3v) is 4.82. The van der Waals surface area contributed by atoms with Crippen molar-refractivity contribution in [1.82, 2.24) is 10.3 Å². The largest absolute Gasteiger partial charge is 0.418 e. The van der Waals surface area contributed by atoms with Gasteiger partial charge in [0.05, 0.1) is 17.9 Å². The van der Waals surface area contributed by atoms with E-state index in [0.29, 0.717) is 11.3 Å². The third kappa shape index (κ3) is 5.28. The van der Waals surface area contributed by atoms with Crippen LogP contribution in [0.15, 0.2) is 54.7 Å². The number of aliphatic hydroxyl groups is 1. The molecular weight excluding hydrogens is 431 g/mol. The zero-order valence-electron chi connectivity index (χ0n) is 17.0. The van der Waals surface area contributed by atoms with Gasteiger partial charge in [-0.05, 0) is 66.9 Å². The van der Waals surface area contributed by atoms with Crippen LogP contribution in [0.1, 0.15) is 46.2 Å². The van der Waals surface area contributed by atoms with Crippen LogP contribution in [0, 0.1) is 18.6 Å². The second-order valence-electron chi connectivity index (χ2n) is 7.37. The maximum Gasteiger partial charge on any atom is 0.418 e. The molecule has 0 aliphatic rings. The van der Waals surface area contributed by atoms with Gasteiger partial charge in [-0.15, -0.1) is 0 Å². The summed E-state index contributed by atoms with van der Waals surface area (Å²) >= 11 is 0. The van der Waals surface area contributed by atoms with E-state index in [2.05, 4.69) is 10.3 Å². The van der Waals surface area contributed by atoms with Crippen molar-refractivity contribution in [3.63, 3.8) is 0 Å². The molecule has 9 heteroatoms. The van der Waals surface area contributed by atoms with E-state index in [-0.39, 0.29) is 16.7 Å². The Morgan fingerprint density at radius 2 is 1.78 bits per heavy atom. The van der Waals surface area contributed by atoms with Gasteiger partial charge in [0.2, 0.25) is 0 Å². The summed E-state index contributed by atoms with van der Waals surface area (Å²) in [6.07, 6.45) is -6.88. The molecule has 0 fully saturated rings. The average molecular weight is 450 g/mol. The first-order valence-electron chi connectivity index (χ1n) is 9.54. The molecule has 0 saturated heterocycles. The van der Waals surface area contributed by atoms with E-state index >= 15 is 0 Å². The van der Waals surface area contributed by atoms with Gasteiger partial charge in [0.15, 0.2) is 6.10 Å². The SMILES string of the molecule is Cc1ccc(-c2cc(C(=O)N[C@H](C)c3ccc(F)cn3)cc(C(O)C(F)(F)F)c2)c(F)c1. The number of rotatable bonds is 5. The molecular formula is C23H19F5N2O2. The van der Waals surface area contributed by atoms with Gasteiger partial charge in [-0.3, -0.25) is 9.78 Å². The van der Waals surface area contributed by atoms with E-state index in [4.69, 9.17) is 0 Å². The van der Waals surface area contributed by atoms with Crippen LogP contribution in [-0.2, 0) is 0 Å².